The summed E-state index contributed by atoms with van der Waals surface area (Å²) in [6, 6.07) is 11.1. The van der Waals surface area contributed by atoms with Crippen molar-refractivity contribution in [1.29, 1.82) is 0 Å². The summed E-state index contributed by atoms with van der Waals surface area (Å²) < 4.78 is 43.0. The molecule has 1 amide bonds. The molecule has 0 atom stereocenters. The molecule has 0 radical (unpaired) electrons. The minimum absolute atomic E-state index is 0.0386. The highest BCUT2D eigenvalue weighted by Gasteiger charge is 2.19. The fraction of sp³-hybridized carbons (Fsp3) is 0.278. The van der Waals surface area contributed by atoms with Crippen molar-refractivity contribution >= 4 is 15.9 Å². The van der Waals surface area contributed by atoms with Crippen LogP contribution in [0, 0.1) is 0 Å². The van der Waals surface area contributed by atoms with Crippen LogP contribution in [0.4, 0.5) is 0 Å². The van der Waals surface area contributed by atoms with Crippen molar-refractivity contribution in [3.63, 3.8) is 0 Å². The molecule has 2 N–H and O–H groups in total. The van der Waals surface area contributed by atoms with Crippen molar-refractivity contribution in [2.24, 2.45) is 0 Å². The van der Waals surface area contributed by atoms with Crippen LogP contribution in [0.5, 0.6) is 17.2 Å². The van der Waals surface area contributed by atoms with Crippen LogP contribution in [0.3, 0.4) is 0 Å². The van der Waals surface area contributed by atoms with E-state index >= 15 is 0 Å². The van der Waals surface area contributed by atoms with Crippen molar-refractivity contribution < 1.29 is 27.4 Å². The normalized spacial score (nSPS) is 10.9. The van der Waals surface area contributed by atoms with Crippen LogP contribution in [0.1, 0.15) is 10.4 Å². The first kappa shape index (κ1) is 20.5. The molecule has 0 aliphatic heterocycles. The number of hydrogen-bond donors (Lipinski definition) is 2. The Kier molecular flexibility index (Phi) is 7.03. The van der Waals surface area contributed by atoms with Gasteiger partial charge in [-0.1, -0.05) is 6.07 Å². The molecule has 0 aromatic heterocycles. The molecule has 2 aromatic carbocycles. The van der Waals surface area contributed by atoms with Crippen LogP contribution in [0.2, 0.25) is 0 Å². The van der Waals surface area contributed by atoms with E-state index in [0.29, 0.717) is 11.5 Å². The lowest BCUT2D eigenvalue weighted by molar-refractivity contribution is 0.0960. The lowest BCUT2D eigenvalue weighted by Gasteiger charge is -2.12. The van der Waals surface area contributed by atoms with E-state index in [9.17, 15) is 13.2 Å². The maximum Gasteiger partial charge on any atom is 0.254 e. The van der Waals surface area contributed by atoms with Gasteiger partial charge in [0.1, 0.15) is 23.9 Å². The molecule has 0 heterocycles. The van der Waals surface area contributed by atoms with Crippen LogP contribution in [0.25, 0.3) is 0 Å². The Labute approximate surface area is 158 Å². The maximum atomic E-state index is 12.4. The third-order valence-corrected chi connectivity index (χ3v) is 5.12. The topological polar surface area (TPSA) is 103 Å². The molecule has 146 valence electrons. The minimum atomic E-state index is -3.81. The van der Waals surface area contributed by atoms with E-state index in [1.54, 1.807) is 31.4 Å². The predicted octanol–water partition coefficient (Wildman–Crippen LogP) is 1.42. The van der Waals surface area contributed by atoms with Crippen LogP contribution >= 0.6 is 0 Å². The maximum absolute atomic E-state index is 12.4. The molecule has 0 aliphatic rings. The van der Waals surface area contributed by atoms with Gasteiger partial charge < -0.3 is 19.5 Å². The zero-order valence-corrected chi connectivity index (χ0v) is 16.1. The first-order valence-corrected chi connectivity index (χ1v) is 9.56. The smallest absolute Gasteiger partial charge is 0.254 e. The van der Waals surface area contributed by atoms with Crippen molar-refractivity contribution in [3.8, 4) is 17.2 Å². The number of carbonyl (C=O) groups excluding carboxylic acids is 1. The van der Waals surface area contributed by atoms with Crippen molar-refractivity contribution in [3.05, 3.63) is 48.0 Å². The van der Waals surface area contributed by atoms with Gasteiger partial charge in [0, 0.05) is 19.7 Å². The molecule has 2 rings (SSSR count). The Morgan fingerprint density at radius 2 is 1.78 bits per heavy atom. The largest absolute Gasteiger partial charge is 0.497 e. The van der Waals surface area contributed by atoms with Gasteiger partial charge in [-0.3, -0.25) is 4.79 Å². The fourth-order valence-corrected chi connectivity index (χ4v) is 3.32. The average molecular weight is 394 g/mol. The Balaban J connectivity index is 2.02. The molecular weight excluding hydrogens is 372 g/mol. The summed E-state index contributed by atoms with van der Waals surface area (Å²) in [5.74, 6) is 1.06. The molecule has 0 saturated carbocycles. The summed E-state index contributed by atoms with van der Waals surface area (Å²) in [4.78, 5) is 11.9. The van der Waals surface area contributed by atoms with Gasteiger partial charge in [0.05, 0.1) is 24.7 Å². The molecule has 2 aromatic rings. The number of sulfonamides is 1. The average Bonchev–Trinajstić information content (AvgIpc) is 2.70. The second kappa shape index (κ2) is 9.24. The Morgan fingerprint density at radius 3 is 2.44 bits per heavy atom. The zero-order valence-electron chi connectivity index (χ0n) is 15.3. The first-order valence-electron chi connectivity index (χ1n) is 8.08. The van der Waals surface area contributed by atoms with E-state index in [1.807, 2.05) is 0 Å². The number of hydrogen-bond acceptors (Lipinski definition) is 6. The standard InChI is InChI=1S/C18H22N2O6S/c1-19-18(21)16-12-15(7-8-17(16)25-3)27(22,23)20-9-10-26-14-6-4-5-13(11-14)24-2/h4-8,11-12,20H,9-10H2,1-3H3,(H,19,21). The van der Waals surface area contributed by atoms with Gasteiger partial charge in [-0.2, -0.15) is 0 Å². The minimum Gasteiger partial charge on any atom is -0.497 e. The number of rotatable bonds is 9. The quantitative estimate of drug-likeness (QED) is 0.624. The molecular formula is C18H22N2O6S. The van der Waals surface area contributed by atoms with Crippen LogP contribution in [-0.4, -0.2) is 48.7 Å². The monoisotopic (exact) mass is 394 g/mol. The summed E-state index contributed by atoms with van der Waals surface area (Å²) in [6.45, 7) is 0.186. The molecule has 0 fully saturated rings. The highest BCUT2D eigenvalue weighted by molar-refractivity contribution is 7.89. The zero-order chi connectivity index (χ0) is 19.9. The van der Waals surface area contributed by atoms with Gasteiger partial charge in [-0.25, -0.2) is 13.1 Å². The van der Waals surface area contributed by atoms with E-state index in [2.05, 4.69) is 10.0 Å². The molecule has 0 bridgehead atoms. The van der Waals surface area contributed by atoms with Crippen LogP contribution in [0.15, 0.2) is 47.4 Å². The van der Waals surface area contributed by atoms with E-state index in [0.717, 1.165) is 0 Å². The molecule has 8 nitrogen and oxygen atoms in total. The van der Waals surface area contributed by atoms with Gasteiger partial charge in [0.15, 0.2) is 0 Å². The summed E-state index contributed by atoms with van der Waals surface area (Å²) >= 11 is 0. The molecule has 9 heteroatoms. The van der Waals surface area contributed by atoms with Crippen LogP contribution < -0.4 is 24.2 Å². The Hall–Kier alpha value is -2.78. The summed E-state index contributed by atoms with van der Waals surface area (Å²) in [7, 11) is 0.606. The highest BCUT2D eigenvalue weighted by atomic mass is 32.2. The summed E-state index contributed by atoms with van der Waals surface area (Å²) in [5, 5.41) is 2.45. The molecule has 0 saturated heterocycles. The lowest BCUT2D eigenvalue weighted by Crippen LogP contribution is -2.28. The Morgan fingerprint density at radius 1 is 1.04 bits per heavy atom. The second-order valence-corrected chi connectivity index (χ2v) is 7.13. The Bertz CT molecular complexity index is 898. The van der Waals surface area contributed by atoms with Gasteiger partial charge >= 0.3 is 0 Å². The number of ether oxygens (including phenoxy) is 3. The fourth-order valence-electron chi connectivity index (χ4n) is 2.29. The van der Waals surface area contributed by atoms with E-state index in [-0.39, 0.29) is 29.4 Å². The van der Waals surface area contributed by atoms with Crippen LogP contribution in [-0.2, 0) is 10.0 Å². The molecule has 0 unspecified atom stereocenters. The highest BCUT2D eigenvalue weighted by Crippen LogP contribution is 2.22. The summed E-state index contributed by atoms with van der Waals surface area (Å²) in [5.41, 5.74) is 0.135. The molecule has 0 aliphatic carbocycles. The SMILES string of the molecule is CNC(=O)c1cc(S(=O)(=O)NCCOc2cccc(OC)c2)ccc1OC. The summed E-state index contributed by atoms with van der Waals surface area (Å²) in [6.07, 6.45) is 0. The van der Waals surface area contributed by atoms with Gasteiger partial charge in [-0.05, 0) is 30.3 Å². The van der Waals surface area contributed by atoms with Crippen molar-refractivity contribution in [2.75, 3.05) is 34.4 Å². The van der Waals surface area contributed by atoms with E-state index < -0.39 is 15.9 Å². The van der Waals surface area contributed by atoms with Gasteiger partial charge in [-0.15, -0.1) is 0 Å². The predicted molar refractivity (Wildman–Crippen MR) is 100 cm³/mol. The second-order valence-electron chi connectivity index (χ2n) is 5.37. The number of benzene rings is 2. The number of carbonyl (C=O) groups is 1. The third kappa shape index (κ3) is 5.35. The van der Waals surface area contributed by atoms with E-state index in [1.165, 1.54) is 32.4 Å². The third-order valence-electron chi connectivity index (χ3n) is 3.66. The number of methoxy groups -OCH3 is 2. The van der Waals surface area contributed by atoms with E-state index in [4.69, 9.17) is 14.2 Å². The lowest BCUT2D eigenvalue weighted by atomic mass is 10.2. The number of nitrogens with one attached hydrogen (secondary N) is 2. The van der Waals surface area contributed by atoms with Gasteiger partial charge in [0.2, 0.25) is 10.0 Å². The first-order chi connectivity index (χ1) is 12.9. The molecule has 0 spiro atoms. The molecule has 27 heavy (non-hydrogen) atoms. The van der Waals surface area contributed by atoms with Gasteiger partial charge in [0.25, 0.3) is 5.91 Å². The number of amides is 1. The van der Waals surface area contributed by atoms with Crippen molar-refractivity contribution in [1.82, 2.24) is 10.0 Å². The van der Waals surface area contributed by atoms with Crippen molar-refractivity contribution in [2.45, 2.75) is 4.90 Å².